The number of aromatic hydroxyl groups is 1. The van der Waals surface area contributed by atoms with Gasteiger partial charge >= 0.3 is 0 Å². The van der Waals surface area contributed by atoms with Crippen molar-refractivity contribution in [2.75, 3.05) is 18.2 Å². The van der Waals surface area contributed by atoms with Crippen molar-refractivity contribution >= 4 is 35.1 Å². The van der Waals surface area contributed by atoms with E-state index in [1.54, 1.807) is 36.0 Å². The Labute approximate surface area is 154 Å². The molecule has 2 aromatic carbocycles. The van der Waals surface area contributed by atoms with Crippen LogP contribution in [0, 0.1) is 5.41 Å². The third kappa shape index (κ3) is 3.14. The van der Waals surface area contributed by atoms with Crippen LogP contribution in [-0.2, 0) is 7.05 Å². The van der Waals surface area contributed by atoms with E-state index in [-0.39, 0.29) is 5.75 Å². The van der Waals surface area contributed by atoms with Crippen molar-refractivity contribution in [2.24, 2.45) is 7.05 Å². The van der Waals surface area contributed by atoms with Crippen molar-refractivity contribution in [3.05, 3.63) is 40.9 Å². The van der Waals surface area contributed by atoms with Gasteiger partial charge in [0.15, 0.2) is 17.3 Å². The molecular formula is C17H17ClN6O2. The lowest BCUT2D eigenvalue weighted by Gasteiger charge is -2.10. The highest BCUT2D eigenvalue weighted by molar-refractivity contribution is 6.36. The Hall–Kier alpha value is -3.26. The van der Waals surface area contributed by atoms with E-state index in [0.717, 1.165) is 6.21 Å². The molecule has 9 heteroatoms. The van der Waals surface area contributed by atoms with Gasteiger partial charge in [0.05, 0.1) is 17.8 Å². The zero-order valence-electron chi connectivity index (χ0n) is 14.1. The van der Waals surface area contributed by atoms with E-state index in [4.69, 9.17) is 27.5 Å². The number of methoxy groups -OCH3 is 1. The summed E-state index contributed by atoms with van der Waals surface area (Å²) in [5, 5.41) is 24.9. The minimum atomic E-state index is 0.0401. The molecule has 0 atom stereocenters. The average molecular weight is 373 g/mol. The summed E-state index contributed by atoms with van der Waals surface area (Å²) in [5.41, 5.74) is 7.92. The van der Waals surface area contributed by atoms with E-state index in [0.29, 0.717) is 45.0 Å². The maximum atomic E-state index is 9.71. The molecular weight excluding hydrogens is 356 g/mol. The van der Waals surface area contributed by atoms with Crippen LogP contribution < -0.4 is 15.8 Å². The lowest BCUT2D eigenvalue weighted by molar-refractivity contribution is 0.373. The SMILES string of the molecule is COc1cc(-c2nc(Nc3ccc(N)c(C=N)c3Cl)n(C)n2)ccc1O. The fraction of sp³-hybridized carbons (Fsp3) is 0.118. The second kappa shape index (κ2) is 6.93. The van der Waals surface area contributed by atoms with Gasteiger partial charge in [-0.1, -0.05) is 11.6 Å². The smallest absolute Gasteiger partial charge is 0.225 e. The standard InChI is InChI=1S/C17H17ClN6O2/c1-24-17(21-12-5-4-11(20)10(8-19)15(12)18)22-16(23-24)9-3-6-13(25)14(7-9)26-2/h3-8,19,25H,20H2,1-2H3,(H,21,22,23). The first kappa shape index (κ1) is 17.6. The molecule has 1 heterocycles. The first-order chi connectivity index (χ1) is 12.4. The van der Waals surface area contributed by atoms with Crippen LogP contribution in [0.2, 0.25) is 5.02 Å². The summed E-state index contributed by atoms with van der Waals surface area (Å²) >= 11 is 6.30. The number of benzene rings is 2. The number of ether oxygens (including phenoxy) is 1. The second-order valence-corrected chi connectivity index (χ2v) is 5.85. The molecule has 3 aromatic rings. The van der Waals surface area contributed by atoms with Crippen molar-refractivity contribution in [2.45, 2.75) is 0 Å². The first-order valence-electron chi connectivity index (χ1n) is 7.58. The number of hydrogen-bond donors (Lipinski definition) is 4. The summed E-state index contributed by atoms with van der Waals surface area (Å²) in [6, 6.07) is 8.24. The number of nitrogens with zero attached hydrogens (tertiary/aromatic N) is 3. The Bertz CT molecular complexity index is 986. The number of aryl methyl sites for hydroxylation is 1. The summed E-state index contributed by atoms with van der Waals surface area (Å²) in [5.74, 6) is 1.28. The van der Waals surface area contributed by atoms with Gasteiger partial charge in [0.2, 0.25) is 5.95 Å². The molecule has 0 amide bonds. The predicted octanol–water partition coefficient (Wildman–Crippen LogP) is 3.17. The lowest BCUT2D eigenvalue weighted by Crippen LogP contribution is -2.03. The van der Waals surface area contributed by atoms with Crippen molar-refractivity contribution in [1.29, 1.82) is 5.41 Å². The molecule has 0 unspecified atom stereocenters. The zero-order valence-corrected chi connectivity index (χ0v) is 14.9. The number of nitrogen functional groups attached to an aromatic ring is 1. The number of nitrogens with one attached hydrogen (secondary N) is 2. The maximum Gasteiger partial charge on any atom is 0.225 e. The number of phenolic OH excluding ortho intramolecular Hbond substituents is 1. The van der Waals surface area contributed by atoms with Gasteiger partial charge in [-0.25, -0.2) is 4.68 Å². The molecule has 0 bridgehead atoms. The highest BCUT2D eigenvalue weighted by Crippen LogP contribution is 2.33. The fourth-order valence-corrected chi connectivity index (χ4v) is 2.68. The molecule has 5 N–H and O–H groups in total. The van der Waals surface area contributed by atoms with Crippen LogP contribution in [0.15, 0.2) is 30.3 Å². The van der Waals surface area contributed by atoms with E-state index in [1.165, 1.54) is 13.2 Å². The number of aromatic nitrogens is 3. The van der Waals surface area contributed by atoms with E-state index in [9.17, 15) is 5.11 Å². The predicted molar refractivity (Wildman–Crippen MR) is 102 cm³/mol. The zero-order chi connectivity index (χ0) is 18.8. The summed E-state index contributed by atoms with van der Waals surface area (Å²) in [7, 11) is 3.21. The number of rotatable bonds is 5. The van der Waals surface area contributed by atoms with Crippen LogP contribution in [0.5, 0.6) is 11.5 Å². The Balaban J connectivity index is 1.96. The highest BCUT2D eigenvalue weighted by atomic mass is 35.5. The largest absolute Gasteiger partial charge is 0.504 e. The van der Waals surface area contributed by atoms with Gasteiger partial charge in [-0.15, -0.1) is 5.10 Å². The molecule has 0 radical (unpaired) electrons. The molecule has 3 rings (SSSR count). The van der Waals surface area contributed by atoms with Crippen LogP contribution in [-0.4, -0.2) is 33.2 Å². The van der Waals surface area contributed by atoms with Gasteiger partial charge in [-0.05, 0) is 30.3 Å². The number of anilines is 3. The van der Waals surface area contributed by atoms with Crippen LogP contribution in [0.1, 0.15) is 5.56 Å². The van der Waals surface area contributed by atoms with Gasteiger partial charge in [0.25, 0.3) is 0 Å². The Morgan fingerprint density at radius 1 is 1.35 bits per heavy atom. The molecule has 134 valence electrons. The lowest BCUT2D eigenvalue weighted by atomic mass is 10.1. The van der Waals surface area contributed by atoms with Crippen LogP contribution >= 0.6 is 11.6 Å². The first-order valence-corrected chi connectivity index (χ1v) is 7.96. The normalized spacial score (nSPS) is 10.6. The molecule has 1 aromatic heterocycles. The van der Waals surface area contributed by atoms with E-state index < -0.39 is 0 Å². The maximum absolute atomic E-state index is 9.71. The third-order valence-electron chi connectivity index (χ3n) is 3.81. The van der Waals surface area contributed by atoms with E-state index in [2.05, 4.69) is 15.4 Å². The summed E-state index contributed by atoms with van der Waals surface area (Å²) in [6.07, 6.45) is 1.10. The number of phenols is 1. The van der Waals surface area contributed by atoms with E-state index >= 15 is 0 Å². The molecule has 0 saturated heterocycles. The van der Waals surface area contributed by atoms with Crippen LogP contribution in [0.4, 0.5) is 17.3 Å². The quantitative estimate of drug-likeness (QED) is 0.403. The van der Waals surface area contributed by atoms with Crippen molar-refractivity contribution in [1.82, 2.24) is 14.8 Å². The van der Waals surface area contributed by atoms with Crippen molar-refractivity contribution in [3.8, 4) is 22.9 Å². The van der Waals surface area contributed by atoms with Gasteiger partial charge in [0.1, 0.15) is 0 Å². The Morgan fingerprint density at radius 2 is 2.12 bits per heavy atom. The minimum Gasteiger partial charge on any atom is -0.504 e. The van der Waals surface area contributed by atoms with Crippen LogP contribution in [0.3, 0.4) is 0 Å². The summed E-state index contributed by atoms with van der Waals surface area (Å²) in [4.78, 5) is 4.46. The number of hydrogen-bond acceptors (Lipinski definition) is 7. The average Bonchev–Trinajstić information content (AvgIpc) is 2.99. The molecule has 0 aliphatic carbocycles. The summed E-state index contributed by atoms with van der Waals surface area (Å²) < 4.78 is 6.67. The molecule has 0 aliphatic heterocycles. The Kier molecular flexibility index (Phi) is 4.68. The Morgan fingerprint density at radius 3 is 2.81 bits per heavy atom. The highest BCUT2D eigenvalue weighted by Gasteiger charge is 2.14. The minimum absolute atomic E-state index is 0.0401. The molecule has 0 aliphatic rings. The summed E-state index contributed by atoms with van der Waals surface area (Å²) in [6.45, 7) is 0. The number of halogens is 1. The topological polar surface area (TPSA) is 122 Å². The molecule has 26 heavy (non-hydrogen) atoms. The van der Waals surface area contributed by atoms with Crippen molar-refractivity contribution < 1.29 is 9.84 Å². The van der Waals surface area contributed by atoms with Gasteiger partial charge in [-0.3, -0.25) is 0 Å². The van der Waals surface area contributed by atoms with Gasteiger partial charge in [-0.2, -0.15) is 4.98 Å². The molecule has 8 nitrogen and oxygen atoms in total. The third-order valence-corrected chi connectivity index (χ3v) is 4.21. The molecule has 0 spiro atoms. The monoisotopic (exact) mass is 372 g/mol. The van der Waals surface area contributed by atoms with Gasteiger partial charge < -0.3 is 26.3 Å². The van der Waals surface area contributed by atoms with Crippen molar-refractivity contribution in [3.63, 3.8) is 0 Å². The second-order valence-electron chi connectivity index (χ2n) is 5.47. The van der Waals surface area contributed by atoms with Crippen LogP contribution in [0.25, 0.3) is 11.4 Å². The van der Waals surface area contributed by atoms with E-state index in [1.807, 2.05) is 0 Å². The van der Waals surface area contributed by atoms with Gasteiger partial charge in [0, 0.05) is 30.1 Å². The fourth-order valence-electron chi connectivity index (χ4n) is 2.40. The molecule has 0 fully saturated rings. The molecule has 0 saturated carbocycles. The number of nitrogens with two attached hydrogens (primary N) is 1.